The first-order chi connectivity index (χ1) is 9.78. The molecule has 1 aromatic heterocycles. The van der Waals surface area contributed by atoms with E-state index in [1.807, 2.05) is 13.8 Å². The minimum absolute atomic E-state index is 0.370. The van der Waals surface area contributed by atoms with E-state index in [4.69, 9.17) is 4.74 Å². The summed E-state index contributed by atoms with van der Waals surface area (Å²) in [4.78, 5) is 5.81. The van der Waals surface area contributed by atoms with Crippen molar-refractivity contribution in [1.82, 2.24) is 4.98 Å². The van der Waals surface area contributed by atoms with Gasteiger partial charge in [0.25, 0.3) is 0 Å². The Bertz CT molecular complexity index is 452. The van der Waals surface area contributed by atoms with Gasteiger partial charge in [0.2, 0.25) is 0 Å². The second-order valence-corrected chi connectivity index (χ2v) is 8.42. The minimum Gasteiger partial charge on any atom is -0.390 e. The van der Waals surface area contributed by atoms with Crippen molar-refractivity contribution in [2.75, 3.05) is 6.61 Å². The zero-order valence-corrected chi connectivity index (χ0v) is 14.8. The molecule has 0 saturated heterocycles. The van der Waals surface area contributed by atoms with Gasteiger partial charge >= 0.3 is 0 Å². The van der Waals surface area contributed by atoms with E-state index in [2.05, 4.69) is 25.8 Å². The molecule has 1 unspecified atom stereocenters. The quantitative estimate of drug-likeness (QED) is 0.892. The van der Waals surface area contributed by atoms with Crippen molar-refractivity contribution in [2.45, 2.75) is 78.4 Å². The van der Waals surface area contributed by atoms with Gasteiger partial charge in [0.1, 0.15) is 0 Å². The highest BCUT2D eigenvalue weighted by molar-refractivity contribution is 7.11. The van der Waals surface area contributed by atoms with E-state index in [9.17, 15) is 5.11 Å². The summed E-state index contributed by atoms with van der Waals surface area (Å²) in [6.45, 7) is 11.4. The second kappa shape index (κ2) is 6.35. The van der Waals surface area contributed by atoms with Crippen LogP contribution in [0.3, 0.4) is 0 Å². The number of aliphatic hydroxyl groups is 1. The van der Waals surface area contributed by atoms with Crippen LogP contribution in [0, 0.1) is 19.3 Å². The van der Waals surface area contributed by atoms with Crippen LogP contribution < -0.4 is 0 Å². The third-order valence-corrected chi connectivity index (χ3v) is 6.02. The van der Waals surface area contributed by atoms with Crippen LogP contribution in [0.25, 0.3) is 0 Å². The van der Waals surface area contributed by atoms with Crippen LogP contribution in [0.4, 0.5) is 0 Å². The lowest BCUT2D eigenvalue weighted by Crippen LogP contribution is -2.50. The summed E-state index contributed by atoms with van der Waals surface area (Å²) < 4.78 is 6.06. The fourth-order valence-electron chi connectivity index (χ4n) is 3.19. The molecule has 0 aliphatic heterocycles. The van der Waals surface area contributed by atoms with E-state index < -0.39 is 6.10 Å². The summed E-state index contributed by atoms with van der Waals surface area (Å²) >= 11 is 1.70. The van der Waals surface area contributed by atoms with E-state index in [-0.39, 0.29) is 5.60 Å². The number of ether oxygens (including phenoxy) is 1. The molecule has 4 heteroatoms. The molecular weight excluding hydrogens is 282 g/mol. The van der Waals surface area contributed by atoms with Crippen LogP contribution in [0.15, 0.2) is 0 Å². The van der Waals surface area contributed by atoms with Crippen molar-refractivity contribution in [3.8, 4) is 0 Å². The van der Waals surface area contributed by atoms with Crippen molar-refractivity contribution >= 4 is 11.3 Å². The van der Waals surface area contributed by atoms with Crippen LogP contribution in [0.5, 0.6) is 0 Å². The first kappa shape index (κ1) is 16.9. The molecule has 1 aliphatic carbocycles. The number of aryl methyl sites for hydroxylation is 2. The third kappa shape index (κ3) is 3.85. The monoisotopic (exact) mass is 311 g/mol. The van der Waals surface area contributed by atoms with Gasteiger partial charge in [-0.1, -0.05) is 13.8 Å². The van der Waals surface area contributed by atoms with Crippen LogP contribution in [-0.2, 0) is 11.2 Å². The Morgan fingerprint density at radius 2 is 1.86 bits per heavy atom. The van der Waals surface area contributed by atoms with Crippen LogP contribution >= 0.6 is 11.3 Å². The smallest absolute Gasteiger partial charge is 0.0957 e. The van der Waals surface area contributed by atoms with Gasteiger partial charge in [0.15, 0.2) is 0 Å². The molecule has 1 N–H and O–H groups in total. The average Bonchev–Trinajstić information content (AvgIpc) is 2.71. The minimum atomic E-state index is -0.460. The van der Waals surface area contributed by atoms with Crippen molar-refractivity contribution in [2.24, 2.45) is 5.41 Å². The third-order valence-electron chi connectivity index (χ3n) is 4.93. The summed E-state index contributed by atoms with van der Waals surface area (Å²) in [7, 11) is 0. The van der Waals surface area contributed by atoms with E-state index in [0.29, 0.717) is 18.4 Å². The highest BCUT2D eigenvalue weighted by Crippen LogP contribution is 2.44. The Kier molecular flexibility index (Phi) is 5.11. The molecule has 3 nitrogen and oxygen atoms in total. The number of hydrogen-bond donors (Lipinski definition) is 1. The molecule has 1 aromatic rings. The lowest BCUT2D eigenvalue weighted by molar-refractivity contribution is -0.150. The van der Waals surface area contributed by atoms with Crippen LogP contribution in [0.1, 0.15) is 62.0 Å². The number of thiazole rings is 1. The molecule has 1 aliphatic rings. The van der Waals surface area contributed by atoms with Crippen molar-refractivity contribution in [3.63, 3.8) is 0 Å². The van der Waals surface area contributed by atoms with E-state index in [1.165, 1.54) is 4.88 Å². The fraction of sp³-hybridized carbons (Fsp3) is 0.824. The molecule has 0 radical (unpaired) electrons. The first-order valence-corrected chi connectivity index (χ1v) is 8.84. The van der Waals surface area contributed by atoms with Gasteiger partial charge in [0, 0.05) is 17.9 Å². The molecule has 0 aromatic carbocycles. The summed E-state index contributed by atoms with van der Waals surface area (Å²) in [6.07, 6.45) is 4.26. The number of rotatable bonds is 5. The Labute approximate surface area is 132 Å². The maximum atomic E-state index is 10.8. The van der Waals surface area contributed by atoms with Gasteiger partial charge in [-0.15, -0.1) is 11.3 Å². The fourth-order valence-corrected chi connectivity index (χ4v) is 4.16. The summed E-state index contributed by atoms with van der Waals surface area (Å²) in [5.74, 6) is 0. The zero-order chi connectivity index (χ0) is 15.7. The molecule has 0 amide bonds. The average molecular weight is 311 g/mol. The number of hydrogen-bond acceptors (Lipinski definition) is 4. The molecular formula is C17H29NO2S. The molecule has 1 atom stereocenters. The van der Waals surface area contributed by atoms with Gasteiger partial charge in [-0.05, 0) is 51.9 Å². The lowest BCUT2D eigenvalue weighted by atomic mass is 9.68. The van der Waals surface area contributed by atoms with Crippen molar-refractivity contribution in [3.05, 3.63) is 15.6 Å². The topological polar surface area (TPSA) is 42.4 Å². The number of aliphatic hydroxyl groups excluding tert-OH is 1. The predicted octanol–water partition coefficient (Wildman–Crippen LogP) is 4.04. The van der Waals surface area contributed by atoms with E-state index in [1.54, 1.807) is 11.3 Å². The number of aromatic nitrogens is 1. The normalized spacial score (nSPS) is 22.2. The Morgan fingerprint density at radius 3 is 2.33 bits per heavy atom. The molecule has 21 heavy (non-hydrogen) atoms. The van der Waals surface area contributed by atoms with Gasteiger partial charge in [-0.25, -0.2) is 4.98 Å². The van der Waals surface area contributed by atoms with Crippen molar-refractivity contribution in [1.29, 1.82) is 0 Å². The van der Waals surface area contributed by atoms with E-state index >= 15 is 0 Å². The SMILES string of the molecule is CCOC1(C(O)Cc2nc(C)c(C)s2)CCC(C)(C)CC1. The van der Waals surface area contributed by atoms with Gasteiger partial charge in [-0.2, -0.15) is 0 Å². The second-order valence-electron chi connectivity index (χ2n) is 7.13. The maximum Gasteiger partial charge on any atom is 0.0957 e. The molecule has 0 spiro atoms. The summed E-state index contributed by atoms with van der Waals surface area (Å²) in [5, 5.41) is 11.9. The zero-order valence-electron chi connectivity index (χ0n) is 14.0. The molecule has 1 saturated carbocycles. The highest BCUT2D eigenvalue weighted by Gasteiger charge is 2.44. The lowest BCUT2D eigenvalue weighted by Gasteiger charge is -2.45. The van der Waals surface area contributed by atoms with E-state index in [0.717, 1.165) is 36.4 Å². The molecule has 1 heterocycles. The highest BCUT2D eigenvalue weighted by atomic mass is 32.1. The predicted molar refractivity (Wildman–Crippen MR) is 87.9 cm³/mol. The number of nitrogens with zero attached hydrogens (tertiary/aromatic N) is 1. The molecule has 120 valence electrons. The first-order valence-electron chi connectivity index (χ1n) is 8.03. The maximum absolute atomic E-state index is 10.8. The molecule has 1 fully saturated rings. The van der Waals surface area contributed by atoms with Gasteiger partial charge in [0.05, 0.1) is 22.4 Å². The summed E-state index contributed by atoms with van der Waals surface area (Å²) in [6, 6.07) is 0. The molecule has 0 bridgehead atoms. The largest absolute Gasteiger partial charge is 0.390 e. The van der Waals surface area contributed by atoms with Gasteiger partial charge < -0.3 is 9.84 Å². The van der Waals surface area contributed by atoms with Crippen LogP contribution in [-0.4, -0.2) is 28.4 Å². The Hall–Kier alpha value is -0.450. The Balaban J connectivity index is 2.10. The summed E-state index contributed by atoms with van der Waals surface area (Å²) in [5.41, 5.74) is 1.07. The Morgan fingerprint density at radius 1 is 1.24 bits per heavy atom. The molecule has 2 rings (SSSR count). The van der Waals surface area contributed by atoms with Crippen LogP contribution in [0.2, 0.25) is 0 Å². The standard InChI is InChI=1S/C17H29NO2S/c1-6-20-17(9-7-16(4,5)8-10-17)14(19)11-15-18-12(2)13(3)21-15/h14,19H,6-11H2,1-5H3. The van der Waals surface area contributed by atoms with Crippen molar-refractivity contribution < 1.29 is 9.84 Å². The van der Waals surface area contributed by atoms with Gasteiger partial charge in [-0.3, -0.25) is 0 Å².